The number of hydrogen-bond donors (Lipinski definition) is 1. The van der Waals surface area contributed by atoms with Gasteiger partial charge in [-0.1, -0.05) is 32.1 Å². The first-order valence-corrected chi connectivity index (χ1v) is 4.54. The zero-order chi connectivity index (χ0) is 7.23. The summed E-state index contributed by atoms with van der Waals surface area (Å²) >= 11 is 0. The van der Waals surface area contributed by atoms with Gasteiger partial charge in [-0.05, 0) is 18.8 Å². The third-order valence-electron chi connectivity index (χ3n) is 2.48. The second kappa shape index (κ2) is 4.73. The summed E-state index contributed by atoms with van der Waals surface area (Å²) in [5.74, 6) is 0.625. The first-order chi connectivity index (χ1) is 4.93. The largest absolute Gasteiger partial charge is 0.396 e. The summed E-state index contributed by atoms with van der Waals surface area (Å²) in [5, 5.41) is 8.91. The van der Waals surface area contributed by atoms with Crippen molar-refractivity contribution in [2.24, 2.45) is 5.92 Å². The fourth-order valence-corrected chi connectivity index (χ4v) is 1.72. The molecule has 0 aromatic rings. The van der Waals surface area contributed by atoms with E-state index in [9.17, 15) is 0 Å². The van der Waals surface area contributed by atoms with Crippen molar-refractivity contribution in [3.05, 3.63) is 0 Å². The lowest BCUT2D eigenvalue weighted by Crippen LogP contribution is -2.07. The molecule has 0 aromatic heterocycles. The number of aliphatic hydroxyl groups excluding tert-OH is 1. The molecular formula is C9H18O. The molecule has 1 rings (SSSR count). The Labute approximate surface area is 63.4 Å². The summed E-state index contributed by atoms with van der Waals surface area (Å²) in [4.78, 5) is 0. The van der Waals surface area contributed by atoms with E-state index >= 15 is 0 Å². The Kier molecular flexibility index (Phi) is 3.81. The molecule has 1 saturated carbocycles. The normalized spacial score (nSPS) is 23.7. The molecule has 1 nitrogen and oxygen atoms in total. The molecule has 0 radical (unpaired) electrons. The molecule has 0 aliphatic heterocycles. The summed E-state index contributed by atoms with van der Waals surface area (Å²) in [6.07, 6.45) is 9.38. The Bertz CT molecular complexity index is 72.8. The molecule has 0 unspecified atom stereocenters. The Balaban J connectivity index is 2.16. The molecule has 60 valence electrons. The summed E-state index contributed by atoms with van der Waals surface area (Å²) in [6.45, 7) is 0.417. The predicted molar refractivity (Wildman–Crippen MR) is 42.9 cm³/mol. The van der Waals surface area contributed by atoms with Gasteiger partial charge in [0.1, 0.15) is 0 Å². The van der Waals surface area contributed by atoms with Crippen LogP contribution < -0.4 is 0 Å². The Morgan fingerprint density at radius 1 is 0.900 bits per heavy atom. The zero-order valence-electron chi connectivity index (χ0n) is 6.68. The van der Waals surface area contributed by atoms with Gasteiger partial charge in [-0.15, -0.1) is 0 Å². The highest BCUT2D eigenvalue weighted by atomic mass is 16.3. The molecule has 0 heterocycles. The molecule has 0 aromatic carbocycles. The van der Waals surface area contributed by atoms with E-state index in [2.05, 4.69) is 0 Å². The molecule has 0 bridgehead atoms. The van der Waals surface area contributed by atoms with Crippen LogP contribution in [0, 0.1) is 5.92 Å². The lowest BCUT2D eigenvalue weighted by molar-refractivity contribution is 0.199. The molecule has 10 heavy (non-hydrogen) atoms. The zero-order valence-corrected chi connectivity index (χ0v) is 6.68. The van der Waals surface area contributed by atoms with E-state index in [-0.39, 0.29) is 0 Å². The van der Waals surface area contributed by atoms with Crippen LogP contribution >= 0.6 is 0 Å². The average molecular weight is 142 g/mol. The molecule has 1 heteroatoms. The number of aliphatic hydroxyl groups is 1. The molecule has 1 aliphatic carbocycles. The van der Waals surface area contributed by atoms with Gasteiger partial charge in [0.05, 0.1) is 0 Å². The quantitative estimate of drug-likeness (QED) is 0.595. The molecule has 1 aliphatic rings. The van der Waals surface area contributed by atoms with Gasteiger partial charge in [0, 0.05) is 6.61 Å². The van der Waals surface area contributed by atoms with Gasteiger partial charge in [-0.25, -0.2) is 0 Å². The smallest absolute Gasteiger partial charge is 0.0459 e. The molecule has 0 spiro atoms. The number of rotatable bonds is 1. The van der Waals surface area contributed by atoms with Gasteiger partial charge in [-0.2, -0.15) is 0 Å². The van der Waals surface area contributed by atoms with Crippen LogP contribution in [-0.2, 0) is 0 Å². The van der Waals surface area contributed by atoms with E-state index in [4.69, 9.17) is 5.11 Å². The highest BCUT2D eigenvalue weighted by Crippen LogP contribution is 2.21. The van der Waals surface area contributed by atoms with Gasteiger partial charge < -0.3 is 5.11 Å². The van der Waals surface area contributed by atoms with Crippen LogP contribution in [0.2, 0.25) is 0 Å². The van der Waals surface area contributed by atoms with Crippen LogP contribution in [-0.4, -0.2) is 11.7 Å². The maximum atomic E-state index is 8.91. The average Bonchev–Trinajstić information content (AvgIpc) is 1.87. The standard InChI is InChI=1S/C9H18O/c10-8-9-6-4-2-1-3-5-7-9/h9-10H,1-8H2. The summed E-state index contributed by atoms with van der Waals surface area (Å²) < 4.78 is 0. The number of hydrogen-bond acceptors (Lipinski definition) is 1. The highest BCUT2D eigenvalue weighted by molar-refractivity contribution is 4.61. The van der Waals surface area contributed by atoms with Crippen LogP contribution in [0.15, 0.2) is 0 Å². The second-order valence-corrected chi connectivity index (χ2v) is 3.39. The van der Waals surface area contributed by atoms with E-state index in [0.29, 0.717) is 12.5 Å². The molecule has 0 saturated heterocycles. The highest BCUT2D eigenvalue weighted by Gasteiger charge is 2.08. The van der Waals surface area contributed by atoms with Crippen LogP contribution in [0.5, 0.6) is 0 Å². The van der Waals surface area contributed by atoms with E-state index in [0.717, 1.165) is 0 Å². The predicted octanol–water partition coefficient (Wildman–Crippen LogP) is 2.34. The summed E-state index contributed by atoms with van der Waals surface area (Å²) in [7, 11) is 0. The lowest BCUT2D eigenvalue weighted by Gasteiger charge is -2.16. The minimum Gasteiger partial charge on any atom is -0.396 e. The Morgan fingerprint density at radius 3 is 1.90 bits per heavy atom. The molecule has 1 N–H and O–H groups in total. The lowest BCUT2D eigenvalue weighted by atomic mass is 9.92. The molecule has 1 fully saturated rings. The van der Waals surface area contributed by atoms with Gasteiger partial charge in [0.15, 0.2) is 0 Å². The van der Waals surface area contributed by atoms with Crippen molar-refractivity contribution in [3.63, 3.8) is 0 Å². The minimum absolute atomic E-state index is 0.417. The Hall–Kier alpha value is -0.0400. The van der Waals surface area contributed by atoms with E-state index in [1.807, 2.05) is 0 Å². The topological polar surface area (TPSA) is 20.2 Å². The maximum absolute atomic E-state index is 8.91. The third kappa shape index (κ3) is 2.70. The molecule has 0 atom stereocenters. The van der Waals surface area contributed by atoms with Crippen molar-refractivity contribution in [1.29, 1.82) is 0 Å². The van der Waals surface area contributed by atoms with Crippen LogP contribution in [0.1, 0.15) is 44.9 Å². The first-order valence-electron chi connectivity index (χ1n) is 4.54. The van der Waals surface area contributed by atoms with E-state index in [1.54, 1.807) is 0 Å². The van der Waals surface area contributed by atoms with E-state index in [1.165, 1.54) is 44.9 Å². The fourth-order valence-electron chi connectivity index (χ4n) is 1.72. The maximum Gasteiger partial charge on any atom is 0.0459 e. The van der Waals surface area contributed by atoms with Crippen LogP contribution in [0.4, 0.5) is 0 Å². The van der Waals surface area contributed by atoms with Gasteiger partial charge in [0.25, 0.3) is 0 Å². The minimum atomic E-state index is 0.417. The first kappa shape index (κ1) is 8.06. The van der Waals surface area contributed by atoms with Crippen molar-refractivity contribution in [2.75, 3.05) is 6.61 Å². The van der Waals surface area contributed by atoms with Crippen LogP contribution in [0.25, 0.3) is 0 Å². The molecular weight excluding hydrogens is 124 g/mol. The SMILES string of the molecule is OCC1CCCCCCC1. The van der Waals surface area contributed by atoms with Crippen molar-refractivity contribution < 1.29 is 5.11 Å². The third-order valence-corrected chi connectivity index (χ3v) is 2.48. The summed E-state index contributed by atoms with van der Waals surface area (Å²) in [6, 6.07) is 0. The monoisotopic (exact) mass is 142 g/mol. The van der Waals surface area contributed by atoms with Crippen molar-refractivity contribution in [2.45, 2.75) is 44.9 Å². The van der Waals surface area contributed by atoms with Gasteiger partial charge in [0.2, 0.25) is 0 Å². The van der Waals surface area contributed by atoms with Crippen LogP contribution in [0.3, 0.4) is 0 Å². The van der Waals surface area contributed by atoms with Gasteiger partial charge >= 0.3 is 0 Å². The van der Waals surface area contributed by atoms with Crippen molar-refractivity contribution in [3.8, 4) is 0 Å². The summed E-state index contributed by atoms with van der Waals surface area (Å²) in [5.41, 5.74) is 0. The van der Waals surface area contributed by atoms with Crippen molar-refractivity contribution in [1.82, 2.24) is 0 Å². The van der Waals surface area contributed by atoms with Gasteiger partial charge in [-0.3, -0.25) is 0 Å². The van der Waals surface area contributed by atoms with E-state index < -0.39 is 0 Å². The fraction of sp³-hybridized carbons (Fsp3) is 1.00. The second-order valence-electron chi connectivity index (χ2n) is 3.39. The molecule has 0 amide bonds. The Morgan fingerprint density at radius 2 is 1.40 bits per heavy atom. The van der Waals surface area contributed by atoms with Crippen molar-refractivity contribution >= 4 is 0 Å².